The molecule has 62 heavy (non-hydrogen) atoms. The summed E-state index contributed by atoms with van der Waals surface area (Å²) in [7, 11) is 0. The lowest BCUT2D eigenvalue weighted by atomic mass is 9.88. The molecular formula is C37H29F17O7S. The van der Waals surface area contributed by atoms with E-state index in [0.717, 1.165) is 12.1 Å². The molecule has 1 saturated heterocycles. The predicted octanol–water partition coefficient (Wildman–Crippen LogP) is 9.87. The second kappa shape index (κ2) is 18.4. The van der Waals surface area contributed by atoms with Gasteiger partial charge < -0.3 is 24.1 Å². The number of carbonyl (C=O) groups excluding carboxylic acids is 2. The van der Waals surface area contributed by atoms with Crippen molar-refractivity contribution in [3.8, 4) is 0 Å². The number of aliphatic hydroxyl groups is 1. The summed E-state index contributed by atoms with van der Waals surface area (Å²) in [6.07, 6.45) is -18.8. The first-order valence-electron chi connectivity index (χ1n) is 17.3. The molecule has 5 atom stereocenters. The van der Waals surface area contributed by atoms with Gasteiger partial charge in [0.25, 0.3) is 0 Å². The van der Waals surface area contributed by atoms with E-state index < -0.39 is 108 Å². The van der Waals surface area contributed by atoms with Crippen LogP contribution in [0.1, 0.15) is 32.7 Å². The van der Waals surface area contributed by atoms with E-state index in [0.29, 0.717) is 5.56 Å². The Kier molecular flexibility index (Phi) is 14.9. The Balaban J connectivity index is 1.67. The zero-order valence-electron chi connectivity index (χ0n) is 30.6. The van der Waals surface area contributed by atoms with E-state index in [2.05, 4.69) is 0 Å². The van der Waals surface area contributed by atoms with Crippen molar-refractivity contribution in [2.45, 2.75) is 90.5 Å². The Morgan fingerprint density at radius 2 is 0.968 bits per heavy atom. The molecule has 0 aromatic heterocycles. The van der Waals surface area contributed by atoms with Gasteiger partial charge in [0, 0.05) is 12.2 Å². The molecule has 0 aliphatic carbocycles. The minimum atomic E-state index is -8.78. The maximum Gasteiger partial charge on any atom is 0.460 e. The van der Waals surface area contributed by atoms with Gasteiger partial charge in [-0.25, -0.2) is 9.59 Å². The molecule has 1 fully saturated rings. The van der Waals surface area contributed by atoms with Crippen LogP contribution in [-0.4, -0.2) is 107 Å². The Morgan fingerprint density at radius 3 is 1.42 bits per heavy atom. The predicted molar refractivity (Wildman–Crippen MR) is 180 cm³/mol. The summed E-state index contributed by atoms with van der Waals surface area (Å²) in [4.78, 5) is 26.4. The van der Waals surface area contributed by atoms with Gasteiger partial charge in [0.05, 0.1) is 24.3 Å². The van der Waals surface area contributed by atoms with Gasteiger partial charge >= 0.3 is 59.6 Å². The number of carbonyl (C=O) groups is 2. The number of benzene rings is 3. The van der Waals surface area contributed by atoms with Gasteiger partial charge in [-0.15, -0.1) is 11.8 Å². The fraction of sp³-hybridized carbons (Fsp3) is 0.459. The summed E-state index contributed by atoms with van der Waals surface area (Å²) < 4.78 is 258. The number of esters is 2. The first-order chi connectivity index (χ1) is 28.5. The first kappa shape index (κ1) is 50.3. The van der Waals surface area contributed by atoms with Crippen LogP contribution in [0.4, 0.5) is 74.6 Å². The van der Waals surface area contributed by atoms with Crippen molar-refractivity contribution in [1.82, 2.24) is 0 Å². The largest absolute Gasteiger partial charge is 0.460 e. The summed E-state index contributed by atoms with van der Waals surface area (Å²) in [5, 5.41) is 11.4. The van der Waals surface area contributed by atoms with Crippen LogP contribution >= 0.6 is 11.8 Å². The van der Waals surface area contributed by atoms with Crippen LogP contribution in [0.2, 0.25) is 0 Å². The van der Waals surface area contributed by atoms with E-state index in [1.807, 2.05) is 0 Å². The zero-order chi connectivity index (χ0) is 46.7. The smallest absolute Gasteiger partial charge is 0.452 e. The minimum Gasteiger partial charge on any atom is -0.452 e. The molecule has 0 spiro atoms. The van der Waals surface area contributed by atoms with Crippen molar-refractivity contribution in [1.29, 1.82) is 0 Å². The fourth-order valence-corrected chi connectivity index (χ4v) is 6.71. The monoisotopic (exact) mass is 940 g/mol. The van der Waals surface area contributed by atoms with E-state index in [4.69, 9.17) is 18.9 Å². The zero-order valence-corrected chi connectivity index (χ0v) is 31.4. The SMILES string of the molecule is O=C(O[C@@H]1[C@@H](OC(=O)c2ccccc2)[C@@H](O)[C@@H](COCc2ccccc2)O[C@H]1SCCC(F)(F)C(F)(F)C(F)(F)C(F)(F)C(F)(F)C(F)(F)C(F)(F)C(F)(F)F)c1ccccc1. The highest BCUT2D eigenvalue weighted by atomic mass is 32.2. The summed E-state index contributed by atoms with van der Waals surface area (Å²) >= 11 is -0.214. The Bertz CT molecular complexity index is 1960. The third-order valence-electron chi connectivity index (χ3n) is 9.00. The molecule has 3 aromatic carbocycles. The number of aliphatic hydroxyl groups excluding tert-OH is 1. The summed E-state index contributed by atoms with van der Waals surface area (Å²) in [5.74, 6) is -61.9. The Hall–Kier alpha value is -4.36. The van der Waals surface area contributed by atoms with Gasteiger partial charge in [0.1, 0.15) is 17.6 Å². The first-order valence-corrected chi connectivity index (χ1v) is 18.3. The number of halogens is 17. The Labute approximate surface area is 342 Å². The summed E-state index contributed by atoms with van der Waals surface area (Å²) in [6.45, 7) is -0.876. The molecule has 0 saturated carbocycles. The molecular weight excluding hydrogens is 911 g/mol. The molecule has 7 nitrogen and oxygen atoms in total. The lowest BCUT2D eigenvalue weighted by Crippen LogP contribution is -2.74. The lowest BCUT2D eigenvalue weighted by Gasteiger charge is -2.44. The number of alkyl halides is 17. The molecule has 4 rings (SSSR count). The van der Waals surface area contributed by atoms with E-state index in [1.54, 1.807) is 30.3 Å². The second-order valence-corrected chi connectivity index (χ2v) is 14.5. The van der Waals surface area contributed by atoms with E-state index in [-0.39, 0.29) is 29.5 Å². The van der Waals surface area contributed by atoms with Gasteiger partial charge in [0.2, 0.25) is 0 Å². The average molecular weight is 941 g/mol. The van der Waals surface area contributed by atoms with Crippen LogP contribution in [0.25, 0.3) is 0 Å². The van der Waals surface area contributed by atoms with Gasteiger partial charge in [-0.05, 0) is 29.8 Å². The van der Waals surface area contributed by atoms with Crippen LogP contribution in [-0.2, 0) is 25.6 Å². The standard InChI is InChI=1S/C37H29F17O7S/c38-30(39,31(40,41)32(42,43)33(44,45)34(46,47)35(48,49)36(50,51)37(52,53)54)16-17-62-29-26(61-28(57)22-14-8-3-9-15-22)25(60-27(56)21-12-6-2-7-13-21)24(55)23(59-29)19-58-18-20-10-4-1-5-11-20/h1-15,23-26,29,55H,16-19H2/t23-,24+,25+,26-,29+/m1/s1. The number of thioether (sulfide) groups is 1. The highest BCUT2D eigenvalue weighted by Crippen LogP contribution is 2.64. The highest BCUT2D eigenvalue weighted by molar-refractivity contribution is 7.99. The maximum absolute atomic E-state index is 14.9. The van der Waals surface area contributed by atoms with Crippen LogP contribution in [0.15, 0.2) is 91.0 Å². The Morgan fingerprint density at radius 1 is 0.565 bits per heavy atom. The molecule has 0 bridgehead atoms. The van der Waals surface area contributed by atoms with Crippen LogP contribution in [0.3, 0.4) is 0 Å². The van der Waals surface area contributed by atoms with Crippen molar-refractivity contribution in [3.05, 3.63) is 108 Å². The second-order valence-electron chi connectivity index (χ2n) is 13.3. The lowest BCUT2D eigenvalue weighted by molar-refractivity contribution is -0.461. The van der Waals surface area contributed by atoms with Crippen molar-refractivity contribution in [2.24, 2.45) is 0 Å². The van der Waals surface area contributed by atoms with Crippen LogP contribution in [0.5, 0.6) is 0 Å². The van der Waals surface area contributed by atoms with E-state index in [9.17, 15) is 89.3 Å². The minimum absolute atomic E-state index is 0.189. The van der Waals surface area contributed by atoms with Gasteiger partial charge in [-0.1, -0.05) is 66.7 Å². The summed E-state index contributed by atoms with van der Waals surface area (Å²) in [5.41, 5.74) is -2.02. The molecule has 1 heterocycles. The van der Waals surface area contributed by atoms with Gasteiger partial charge in [-0.3, -0.25) is 0 Å². The number of rotatable bonds is 18. The molecule has 0 amide bonds. The van der Waals surface area contributed by atoms with Crippen molar-refractivity contribution >= 4 is 23.7 Å². The average Bonchev–Trinajstić information content (AvgIpc) is 3.20. The molecule has 1 aliphatic rings. The van der Waals surface area contributed by atoms with Gasteiger partial charge in [0.15, 0.2) is 12.2 Å². The number of hydrogen-bond donors (Lipinski definition) is 1. The van der Waals surface area contributed by atoms with Crippen molar-refractivity contribution in [3.63, 3.8) is 0 Å². The van der Waals surface area contributed by atoms with Crippen LogP contribution < -0.4 is 0 Å². The molecule has 1 N–H and O–H groups in total. The molecule has 0 unspecified atom stereocenters. The molecule has 25 heteroatoms. The topological polar surface area (TPSA) is 91.3 Å². The van der Waals surface area contributed by atoms with Crippen molar-refractivity contribution in [2.75, 3.05) is 12.4 Å². The molecule has 1 aliphatic heterocycles. The summed E-state index contributed by atoms with van der Waals surface area (Å²) in [6, 6.07) is 21.1. The molecule has 3 aromatic rings. The van der Waals surface area contributed by atoms with Crippen molar-refractivity contribution < 1.29 is 108 Å². The number of hydrogen-bond acceptors (Lipinski definition) is 8. The molecule has 0 radical (unpaired) electrons. The highest BCUT2D eigenvalue weighted by Gasteiger charge is 2.95. The normalized spacial score (nSPS) is 21.0. The van der Waals surface area contributed by atoms with Crippen LogP contribution in [0, 0.1) is 0 Å². The third-order valence-corrected chi connectivity index (χ3v) is 10.2. The molecule has 344 valence electrons. The quantitative estimate of drug-likeness (QED) is 0.0997. The van der Waals surface area contributed by atoms with Gasteiger partial charge in [-0.2, -0.15) is 74.6 Å². The number of ether oxygens (including phenoxy) is 4. The maximum atomic E-state index is 14.9. The third kappa shape index (κ3) is 9.59. The van der Waals surface area contributed by atoms with E-state index >= 15 is 0 Å². The van der Waals surface area contributed by atoms with E-state index in [1.165, 1.54) is 48.5 Å². The fourth-order valence-electron chi connectivity index (χ4n) is 5.48.